The van der Waals surface area contributed by atoms with E-state index >= 15 is 0 Å². The van der Waals surface area contributed by atoms with E-state index in [1.165, 1.54) is 0 Å². The number of fused-ring (bicyclic) bond motifs is 1. The van der Waals surface area contributed by atoms with Crippen LogP contribution in [0.25, 0.3) is 6.08 Å². The first-order chi connectivity index (χ1) is 11.2. The molecule has 1 aromatic heterocycles. The molecule has 0 saturated carbocycles. The van der Waals surface area contributed by atoms with Crippen LogP contribution in [0.3, 0.4) is 0 Å². The Kier molecular flexibility index (Phi) is 4.43. The average Bonchev–Trinajstić information content (AvgIpc) is 3.02. The normalized spacial score (nSPS) is 18.0. The standard InChI is InChI=1S/C17H19N3O3/c1-23-13-6-4-12(5-7-13)3-2-8-20-10-15-14(18-11-19-15)9-16(20)17(21)22/h2-7,11,16H,8-10H2,1H3,(H,18,19)(H,21,22)/b3-2+/t16-/m0/s1. The van der Waals surface area contributed by atoms with Gasteiger partial charge in [0.05, 0.1) is 24.8 Å². The van der Waals surface area contributed by atoms with Crippen molar-refractivity contribution in [2.75, 3.05) is 13.7 Å². The number of ether oxygens (including phenoxy) is 1. The summed E-state index contributed by atoms with van der Waals surface area (Å²) in [4.78, 5) is 20.7. The summed E-state index contributed by atoms with van der Waals surface area (Å²) in [5, 5.41) is 9.43. The zero-order chi connectivity index (χ0) is 16.2. The number of rotatable bonds is 5. The smallest absolute Gasteiger partial charge is 0.321 e. The molecule has 120 valence electrons. The highest BCUT2D eigenvalue weighted by Gasteiger charge is 2.31. The summed E-state index contributed by atoms with van der Waals surface area (Å²) in [5.41, 5.74) is 2.91. The molecule has 23 heavy (non-hydrogen) atoms. The van der Waals surface area contributed by atoms with Crippen LogP contribution in [0.4, 0.5) is 0 Å². The number of carboxylic acid groups (broad SMARTS) is 1. The van der Waals surface area contributed by atoms with Gasteiger partial charge >= 0.3 is 5.97 Å². The third-order valence-electron chi connectivity index (χ3n) is 4.05. The Morgan fingerprint density at radius 3 is 2.96 bits per heavy atom. The fourth-order valence-corrected chi connectivity index (χ4v) is 2.76. The Bertz CT molecular complexity index is 706. The van der Waals surface area contributed by atoms with Crippen LogP contribution in [-0.2, 0) is 17.8 Å². The monoisotopic (exact) mass is 313 g/mol. The number of aromatic amines is 1. The van der Waals surface area contributed by atoms with Crippen molar-refractivity contribution >= 4 is 12.0 Å². The summed E-state index contributed by atoms with van der Waals surface area (Å²) in [6.07, 6.45) is 6.03. The van der Waals surface area contributed by atoms with Gasteiger partial charge in [-0.3, -0.25) is 9.69 Å². The molecular formula is C17H19N3O3. The molecule has 2 aromatic rings. The van der Waals surface area contributed by atoms with Gasteiger partial charge in [-0.2, -0.15) is 0 Å². The van der Waals surface area contributed by atoms with Crippen LogP contribution in [-0.4, -0.2) is 45.6 Å². The molecule has 6 nitrogen and oxygen atoms in total. The van der Waals surface area contributed by atoms with Crippen molar-refractivity contribution in [3.05, 3.63) is 53.6 Å². The van der Waals surface area contributed by atoms with E-state index in [0.717, 1.165) is 22.7 Å². The summed E-state index contributed by atoms with van der Waals surface area (Å²) >= 11 is 0. The van der Waals surface area contributed by atoms with Crippen molar-refractivity contribution in [3.8, 4) is 5.75 Å². The van der Waals surface area contributed by atoms with E-state index in [9.17, 15) is 9.90 Å². The lowest BCUT2D eigenvalue weighted by Crippen LogP contribution is -2.45. The zero-order valence-corrected chi connectivity index (χ0v) is 12.9. The predicted octanol–water partition coefficient (Wildman–Crippen LogP) is 1.94. The zero-order valence-electron chi connectivity index (χ0n) is 12.9. The highest BCUT2D eigenvalue weighted by atomic mass is 16.5. The Balaban J connectivity index is 1.68. The molecule has 1 aliphatic rings. The largest absolute Gasteiger partial charge is 0.497 e. The lowest BCUT2D eigenvalue weighted by Gasteiger charge is -2.31. The maximum absolute atomic E-state index is 11.5. The van der Waals surface area contributed by atoms with Gasteiger partial charge in [0.15, 0.2) is 0 Å². The third-order valence-corrected chi connectivity index (χ3v) is 4.05. The fraction of sp³-hybridized carbons (Fsp3) is 0.294. The van der Waals surface area contributed by atoms with E-state index in [0.29, 0.717) is 19.5 Å². The second-order valence-corrected chi connectivity index (χ2v) is 5.49. The number of imidazole rings is 1. The number of carboxylic acids is 1. The fourth-order valence-electron chi connectivity index (χ4n) is 2.76. The van der Waals surface area contributed by atoms with Gasteiger partial charge in [0.25, 0.3) is 0 Å². The molecule has 0 bridgehead atoms. The number of hydrogen-bond donors (Lipinski definition) is 2. The minimum Gasteiger partial charge on any atom is -0.497 e. The van der Waals surface area contributed by atoms with Gasteiger partial charge in [-0.1, -0.05) is 24.3 Å². The maximum atomic E-state index is 11.5. The molecule has 0 amide bonds. The molecular weight excluding hydrogens is 294 g/mol. The summed E-state index contributed by atoms with van der Waals surface area (Å²) in [6, 6.07) is 7.20. The maximum Gasteiger partial charge on any atom is 0.321 e. The third kappa shape index (κ3) is 3.43. The van der Waals surface area contributed by atoms with E-state index < -0.39 is 12.0 Å². The van der Waals surface area contributed by atoms with Crippen molar-refractivity contribution < 1.29 is 14.6 Å². The molecule has 0 aliphatic carbocycles. The van der Waals surface area contributed by atoms with Gasteiger partial charge in [-0.15, -0.1) is 0 Å². The predicted molar refractivity (Wildman–Crippen MR) is 86.2 cm³/mol. The van der Waals surface area contributed by atoms with Gasteiger partial charge in [0, 0.05) is 19.5 Å². The van der Waals surface area contributed by atoms with Crippen LogP contribution < -0.4 is 4.74 Å². The minimum absolute atomic E-state index is 0.435. The molecule has 1 aliphatic heterocycles. The van der Waals surface area contributed by atoms with Crippen LogP contribution >= 0.6 is 0 Å². The molecule has 0 spiro atoms. The number of aromatic nitrogens is 2. The second kappa shape index (κ2) is 6.66. The van der Waals surface area contributed by atoms with Crippen LogP contribution in [0, 0.1) is 0 Å². The average molecular weight is 313 g/mol. The lowest BCUT2D eigenvalue weighted by molar-refractivity contribution is -0.143. The molecule has 2 heterocycles. The Morgan fingerprint density at radius 2 is 2.26 bits per heavy atom. The first-order valence-electron chi connectivity index (χ1n) is 7.46. The molecule has 3 rings (SSSR count). The van der Waals surface area contributed by atoms with Gasteiger partial charge in [0.2, 0.25) is 0 Å². The number of H-pyrrole nitrogens is 1. The molecule has 1 atom stereocenters. The number of hydrogen-bond acceptors (Lipinski definition) is 4. The van der Waals surface area contributed by atoms with Crippen LogP contribution in [0.2, 0.25) is 0 Å². The van der Waals surface area contributed by atoms with Crippen LogP contribution in [0.15, 0.2) is 36.7 Å². The summed E-state index contributed by atoms with van der Waals surface area (Å²) < 4.78 is 5.13. The molecule has 6 heteroatoms. The second-order valence-electron chi connectivity index (χ2n) is 5.49. The van der Waals surface area contributed by atoms with Gasteiger partial charge < -0.3 is 14.8 Å². The van der Waals surface area contributed by atoms with Crippen LogP contribution in [0.1, 0.15) is 17.0 Å². The van der Waals surface area contributed by atoms with Crippen molar-refractivity contribution in [1.82, 2.24) is 14.9 Å². The first kappa shape index (κ1) is 15.3. The number of carbonyl (C=O) groups is 1. The number of benzene rings is 1. The molecule has 0 radical (unpaired) electrons. The van der Waals surface area contributed by atoms with Gasteiger partial charge in [0.1, 0.15) is 11.8 Å². The molecule has 0 fully saturated rings. The number of aliphatic carboxylic acids is 1. The van der Waals surface area contributed by atoms with E-state index in [2.05, 4.69) is 9.97 Å². The van der Waals surface area contributed by atoms with Crippen molar-refractivity contribution in [2.24, 2.45) is 0 Å². The Hall–Kier alpha value is -2.60. The van der Waals surface area contributed by atoms with Crippen molar-refractivity contribution in [2.45, 2.75) is 19.0 Å². The van der Waals surface area contributed by atoms with Crippen molar-refractivity contribution in [3.63, 3.8) is 0 Å². The summed E-state index contributed by atoms with van der Waals surface area (Å²) in [5.74, 6) is 0.00685. The quantitative estimate of drug-likeness (QED) is 0.882. The minimum atomic E-state index is -0.809. The lowest BCUT2D eigenvalue weighted by atomic mass is 10.0. The van der Waals surface area contributed by atoms with Gasteiger partial charge in [-0.25, -0.2) is 4.98 Å². The topological polar surface area (TPSA) is 78.5 Å². The first-order valence-corrected chi connectivity index (χ1v) is 7.46. The van der Waals surface area contributed by atoms with E-state index in [1.54, 1.807) is 13.4 Å². The highest BCUT2D eigenvalue weighted by molar-refractivity contribution is 5.74. The number of nitrogens with one attached hydrogen (secondary N) is 1. The van der Waals surface area contributed by atoms with E-state index in [1.807, 2.05) is 41.3 Å². The molecule has 1 aromatic carbocycles. The highest BCUT2D eigenvalue weighted by Crippen LogP contribution is 2.21. The Labute approximate surface area is 134 Å². The number of methoxy groups -OCH3 is 1. The van der Waals surface area contributed by atoms with Gasteiger partial charge in [-0.05, 0) is 17.7 Å². The van der Waals surface area contributed by atoms with E-state index in [4.69, 9.17) is 4.74 Å². The summed E-state index contributed by atoms with van der Waals surface area (Å²) in [7, 11) is 1.64. The number of nitrogens with zero attached hydrogens (tertiary/aromatic N) is 2. The molecule has 2 N–H and O–H groups in total. The molecule has 0 unspecified atom stereocenters. The SMILES string of the molecule is COc1ccc(/C=C/CN2Cc3[nH]cnc3C[C@H]2C(=O)O)cc1. The van der Waals surface area contributed by atoms with E-state index in [-0.39, 0.29) is 0 Å². The van der Waals surface area contributed by atoms with Crippen molar-refractivity contribution in [1.29, 1.82) is 0 Å². The Morgan fingerprint density at radius 1 is 1.48 bits per heavy atom. The summed E-state index contributed by atoms with van der Waals surface area (Å²) in [6.45, 7) is 1.14. The molecule has 0 saturated heterocycles. The van der Waals surface area contributed by atoms with Crippen LogP contribution in [0.5, 0.6) is 5.75 Å².